The Morgan fingerprint density at radius 2 is 1.83 bits per heavy atom. The monoisotopic (exact) mass is 366 g/mol. The van der Waals surface area contributed by atoms with E-state index in [1.54, 1.807) is 0 Å². The minimum atomic E-state index is -4.16. The maximum atomic E-state index is 12.7. The first kappa shape index (κ1) is 17.8. The third-order valence-corrected chi connectivity index (χ3v) is 5.34. The van der Waals surface area contributed by atoms with Gasteiger partial charge in [0.15, 0.2) is 0 Å². The molecule has 9 heteroatoms. The molecule has 0 aliphatic rings. The molecule has 0 fully saturated rings. The maximum Gasteiger partial charge on any atom is 0.289 e. The number of carbonyl (C=O) groups excluding carboxylic acids is 1. The van der Waals surface area contributed by atoms with Gasteiger partial charge in [-0.1, -0.05) is 11.6 Å². The lowest BCUT2D eigenvalue weighted by Gasteiger charge is -2.09. The third kappa shape index (κ3) is 3.19. The smallest absolute Gasteiger partial charge is 0.267 e. The predicted molar refractivity (Wildman–Crippen MR) is 88.6 cm³/mol. The van der Waals surface area contributed by atoms with E-state index in [1.807, 2.05) is 0 Å². The molecule has 0 spiro atoms. The molecule has 24 heavy (non-hydrogen) atoms. The van der Waals surface area contributed by atoms with Crippen LogP contribution in [-0.2, 0) is 9.84 Å². The Kier molecular flexibility index (Phi) is 4.81. The highest BCUT2D eigenvalue weighted by Gasteiger charge is 2.30. The van der Waals surface area contributed by atoms with E-state index in [4.69, 9.17) is 11.6 Å². The van der Waals surface area contributed by atoms with Gasteiger partial charge in [0.25, 0.3) is 11.6 Å². The van der Waals surface area contributed by atoms with Gasteiger partial charge in [-0.05, 0) is 49.5 Å². The number of benzene rings is 2. The van der Waals surface area contributed by atoms with Gasteiger partial charge in [0.1, 0.15) is 4.90 Å². The lowest BCUT2D eigenvalue weighted by atomic mass is 10.1. The first-order valence-corrected chi connectivity index (χ1v) is 8.35. The van der Waals surface area contributed by atoms with Gasteiger partial charge in [0.05, 0.1) is 15.4 Å². The summed E-state index contributed by atoms with van der Waals surface area (Å²) in [5, 5.41) is 11.6. The Labute approximate surface area is 142 Å². The van der Waals surface area contributed by atoms with Crippen molar-refractivity contribution in [2.45, 2.75) is 16.7 Å². The number of nitro groups is 1. The summed E-state index contributed by atoms with van der Waals surface area (Å²) in [4.78, 5) is 24.6. The average molecular weight is 367 g/mol. The molecule has 1 amide bonds. The van der Waals surface area contributed by atoms with Crippen LogP contribution in [0.2, 0.25) is 5.02 Å². The molecule has 2 rings (SSSR count). The van der Waals surface area contributed by atoms with E-state index in [1.165, 1.54) is 31.2 Å². The van der Waals surface area contributed by atoms with E-state index in [9.17, 15) is 23.3 Å². The van der Waals surface area contributed by atoms with Gasteiger partial charge in [-0.2, -0.15) is 0 Å². The SMILES string of the molecule is C=NC(=O)c1cc([N+](=O)[O-])c(S(=O)(=O)c2ccc(Cl)cc2)cc1C. The van der Waals surface area contributed by atoms with Crippen LogP contribution in [0.4, 0.5) is 5.69 Å². The second-order valence-electron chi connectivity index (χ2n) is 4.81. The largest absolute Gasteiger partial charge is 0.289 e. The Balaban J connectivity index is 2.75. The van der Waals surface area contributed by atoms with Crippen molar-refractivity contribution in [1.29, 1.82) is 0 Å². The number of aryl methyl sites for hydroxylation is 1. The molecule has 0 N–H and O–H groups in total. The summed E-state index contributed by atoms with van der Waals surface area (Å²) >= 11 is 5.73. The number of hydrogen-bond donors (Lipinski definition) is 0. The lowest BCUT2D eigenvalue weighted by molar-refractivity contribution is -0.387. The molecule has 0 aliphatic carbocycles. The summed E-state index contributed by atoms with van der Waals surface area (Å²) in [6, 6.07) is 7.22. The molecule has 2 aromatic carbocycles. The minimum absolute atomic E-state index is 0.0771. The van der Waals surface area contributed by atoms with Gasteiger partial charge < -0.3 is 0 Å². The van der Waals surface area contributed by atoms with E-state index in [0.29, 0.717) is 5.02 Å². The van der Waals surface area contributed by atoms with Crippen molar-refractivity contribution < 1.29 is 18.1 Å². The van der Waals surface area contributed by atoms with E-state index >= 15 is 0 Å². The van der Waals surface area contributed by atoms with Crippen LogP contribution in [0.15, 0.2) is 51.2 Å². The molecule has 0 saturated heterocycles. The van der Waals surface area contributed by atoms with E-state index in [-0.39, 0.29) is 16.0 Å². The van der Waals surface area contributed by atoms with Crippen LogP contribution < -0.4 is 0 Å². The zero-order valence-corrected chi connectivity index (χ0v) is 14.0. The summed E-state index contributed by atoms with van der Waals surface area (Å²) in [6.07, 6.45) is 0. The highest BCUT2D eigenvalue weighted by Crippen LogP contribution is 2.32. The second-order valence-corrected chi connectivity index (χ2v) is 7.17. The van der Waals surface area contributed by atoms with Crippen molar-refractivity contribution >= 4 is 39.8 Å². The van der Waals surface area contributed by atoms with Gasteiger partial charge >= 0.3 is 0 Å². The van der Waals surface area contributed by atoms with Crippen LogP contribution in [0, 0.1) is 17.0 Å². The molecule has 0 atom stereocenters. The zero-order valence-electron chi connectivity index (χ0n) is 12.4. The molecule has 2 aromatic rings. The van der Waals surface area contributed by atoms with Crippen molar-refractivity contribution in [1.82, 2.24) is 0 Å². The Morgan fingerprint density at radius 3 is 2.33 bits per heavy atom. The van der Waals surface area contributed by atoms with Gasteiger partial charge in [0.2, 0.25) is 9.84 Å². The number of aliphatic imine (C=N–C) groups is 1. The maximum absolute atomic E-state index is 12.7. The topological polar surface area (TPSA) is 107 Å². The quantitative estimate of drug-likeness (QED) is 0.469. The molecule has 0 unspecified atom stereocenters. The molecule has 124 valence electrons. The van der Waals surface area contributed by atoms with Crippen LogP contribution in [-0.4, -0.2) is 26.0 Å². The third-order valence-electron chi connectivity index (χ3n) is 3.29. The standard InChI is InChI=1S/C15H11ClN2O5S/c1-9-7-14(13(18(20)21)8-12(9)15(19)17-2)24(22,23)11-5-3-10(16)4-6-11/h3-8H,2H2,1H3. The number of nitrogens with zero attached hydrogens (tertiary/aromatic N) is 2. The first-order chi connectivity index (χ1) is 11.2. The van der Waals surface area contributed by atoms with Crippen LogP contribution in [0.5, 0.6) is 0 Å². The van der Waals surface area contributed by atoms with Crippen LogP contribution in [0.1, 0.15) is 15.9 Å². The normalized spacial score (nSPS) is 11.1. The van der Waals surface area contributed by atoms with Crippen molar-refractivity contribution in [3.05, 3.63) is 62.7 Å². The number of sulfone groups is 1. The molecule has 0 bridgehead atoms. The molecule has 0 saturated carbocycles. The Morgan fingerprint density at radius 1 is 1.25 bits per heavy atom. The zero-order chi connectivity index (χ0) is 18.1. The van der Waals surface area contributed by atoms with Gasteiger partial charge in [0, 0.05) is 11.1 Å². The summed E-state index contributed by atoms with van der Waals surface area (Å²) < 4.78 is 25.4. The van der Waals surface area contributed by atoms with Gasteiger partial charge in [-0.25, -0.2) is 13.4 Å². The highest BCUT2D eigenvalue weighted by atomic mass is 35.5. The summed E-state index contributed by atoms with van der Waals surface area (Å²) in [5.41, 5.74) is -0.542. The van der Waals surface area contributed by atoms with Crippen LogP contribution in [0.3, 0.4) is 0 Å². The number of rotatable bonds is 4. The molecule has 0 radical (unpaired) electrons. The Hall–Kier alpha value is -2.58. The fraction of sp³-hybridized carbons (Fsp3) is 0.0667. The van der Waals surface area contributed by atoms with Crippen LogP contribution >= 0.6 is 11.6 Å². The number of carbonyl (C=O) groups is 1. The predicted octanol–water partition coefficient (Wildman–Crippen LogP) is 3.23. The first-order valence-electron chi connectivity index (χ1n) is 6.49. The van der Waals surface area contributed by atoms with Crippen molar-refractivity contribution in [2.75, 3.05) is 0 Å². The molecule has 0 heterocycles. The number of halogens is 1. The highest BCUT2D eigenvalue weighted by molar-refractivity contribution is 7.91. The fourth-order valence-electron chi connectivity index (χ4n) is 2.08. The van der Waals surface area contributed by atoms with Gasteiger partial charge in [-0.3, -0.25) is 14.9 Å². The van der Waals surface area contributed by atoms with Crippen LogP contribution in [0.25, 0.3) is 0 Å². The lowest BCUT2D eigenvalue weighted by Crippen LogP contribution is -2.09. The summed E-state index contributed by atoms with van der Waals surface area (Å²) in [7, 11) is -4.16. The number of amides is 1. The minimum Gasteiger partial charge on any atom is -0.267 e. The fourth-order valence-corrected chi connectivity index (χ4v) is 3.70. The van der Waals surface area contributed by atoms with Crippen molar-refractivity contribution in [2.24, 2.45) is 4.99 Å². The van der Waals surface area contributed by atoms with E-state index < -0.39 is 31.3 Å². The number of hydrogen-bond acceptors (Lipinski definition) is 5. The molecular weight excluding hydrogens is 356 g/mol. The van der Waals surface area contributed by atoms with Crippen molar-refractivity contribution in [3.63, 3.8) is 0 Å². The molecule has 0 aromatic heterocycles. The second kappa shape index (κ2) is 6.50. The molecular formula is C15H11ClN2O5S. The van der Waals surface area contributed by atoms with E-state index in [0.717, 1.165) is 12.1 Å². The summed E-state index contributed by atoms with van der Waals surface area (Å²) in [5.74, 6) is -0.772. The van der Waals surface area contributed by atoms with E-state index in [2.05, 4.69) is 11.7 Å². The van der Waals surface area contributed by atoms with Crippen molar-refractivity contribution in [3.8, 4) is 0 Å². The summed E-state index contributed by atoms with van der Waals surface area (Å²) in [6.45, 7) is 4.54. The van der Waals surface area contributed by atoms with Gasteiger partial charge in [-0.15, -0.1) is 0 Å². The molecule has 0 aliphatic heterocycles. The molecule has 7 nitrogen and oxygen atoms in total. The number of nitro benzene ring substituents is 1. The Bertz CT molecular complexity index is 953. The average Bonchev–Trinajstić information content (AvgIpc) is 2.54.